The van der Waals surface area contributed by atoms with Crippen molar-refractivity contribution in [2.45, 2.75) is 20.8 Å². The Kier molecular flexibility index (Phi) is 4.48. The van der Waals surface area contributed by atoms with Crippen LogP contribution in [0.4, 0.5) is 5.69 Å². The van der Waals surface area contributed by atoms with E-state index in [0.717, 1.165) is 11.4 Å². The molecule has 0 aliphatic heterocycles. The number of nitro groups is 1. The molecule has 26 heavy (non-hydrogen) atoms. The first kappa shape index (κ1) is 17.3. The SMILES string of the molecule is COc1ccc(C=Nn2c(C)nnc2-n2nc(C)cc2C)cc1[N+](=O)[O-]. The summed E-state index contributed by atoms with van der Waals surface area (Å²) >= 11 is 0. The van der Waals surface area contributed by atoms with E-state index in [2.05, 4.69) is 20.4 Å². The fourth-order valence-electron chi connectivity index (χ4n) is 2.50. The zero-order valence-electron chi connectivity index (χ0n) is 14.7. The number of benzene rings is 1. The highest BCUT2D eigenvalue weighted by atomic mass is 16.6. The fourth-order valence-corrected chi connectivity index (χ4v) is 2.50. The molecule has 0 aliphatic carbocycles. The Morgan fingerprint density at radius 1 is 1.23 bits per heavy atom. The van der Waals surface area contributed by atoms with E-state index >= 15 is 0 Å². The highest BCUT2D eigenvalue weighted by Gasteiger charge is 2.16. The molecule has 0 amide bonds. The molecule has 0 unspecified atom stereocenters. The summed E-state index contributed by atoms with van der Waals surface area (Å²) < 4.78 is 8.17. The largest absolute Gasteiger partial charge is 0.490 e. The van der Waals surface area contributed by atoms with Gasteiger partial charge in [-0.25, -0.2) is 4.68 Å². The zero-order valence-corrected chi connectivity index (χ0v) is 14.7. The van der Waals surface area contributed by atoms with Crippen LogP contribution in [0.2, 0.25) is 0 Å². The summed E-state index contributed by atoms with van der Waals surface area (Å²) in [5, 5.41) is 28.0. The van der Waals surface area contributed by atoms with E-state index in [1.54, 1.807) is 17.7 Å². The molecule has 3 aromatic rings. The lowest BCUT2D eigenvalue weighted by Gasteiger charge is -2.04. The number of aromatic nitrogens is 5. The molecule has 1 aromatic carbocycles. The first-order chi connectivity index (χ1) is 12.4. The van der Waals surface area contributed by atoms with Crippen LogP contribution in [0.3, 0.4) is 0 Å². The number of nitrogens with zero attached hydrogens (tertiary/aromatic N) is 7. The molecule has 0 aliphatic rings. The predicted octanol–water partition coefficient (Wildman–Crippen LogP) is 2.19. The van der Waals surface area contributed by atoms with Crippen molar-refractivity contribution < 1.29 is 9.66 Å². The van der Waals surface area contributed by atoms with E-state index in [1.165, 1.54) is 30.1 Å². The molecule has 2 aromatic heterocycles. The van der Waals surface area contributed by atoms with Crippen molar-refractivity contribution in [3.8, 4) is 11.7 Å². The smallest absolute Gasteiger partial charge is 0.311 e. The summed E-state index contributed by atoms with van der Waals surface area (Å²) in [7, 11) is 1.39. The Bertz CT molecular complexity index is 1000. The van der Waals surface area contributed by atoms with Crippen LogP contribution in [0.1, 0.15) is 22.8 Å². The molecule has 0 saturated carbocycles. The molecule has 134 valence electrons. The van der Waals surface area contributed by atoms with Crippen molar-refractivity contribution in [2.75, 3.05) is 7.11 Å². The number of hydrogen-bond acceptors (Lipinski definition) is 7. The average molecular weight is 355 g/mol. The lowest BCUT2D eigenvalue weighted by molar-refractivity contribution is -0.385. The Hall–Kier alpha value is -3.56. The lowest BCUT2D eigenvalue weighted by Crippen LogP contribution is -2.08. The second kappa shape index (κ2) is 6.75. The molecule has 0 atom stereocenters. The monoisotopic (exact) mass is 355 g/mol. The topological polar surface area (TPSA) is 113 Å². The van der Waals surface area contributed by atoms with E-state index < -0.39 is 4.92 Å². The molecule has 10 nitrogen and oxygen atoms in total. The standard InChI is InChI=1S/C16H17N7O3/c1-10-7-11(2)21(20-10)16-19-18-12(3)22(16)17-9-13-5-6-15(26-4)14(8-13)23(24)25/h5-9H,1-4H3. The number of aryl methyl sites for hydroxylation is 3. The molecule has 0 fully saturated rings. The van der Waals surface area contributed by atoms with Crippen LogP contribution in [-0.4, -0.2) is 42.9 Å². The van der Waals surface area contributed by atoms with Gasteiger partial charge < -0.3 is 4.74 Å². The van der Waals surface area contributed by atoms with Crippen molar-refractivity contribution in [3.63, 3.8) is 0 Å². The fraction of sp³-hybridized carbons (Fsp3) is 0.250. The summed E-state index contributed by atoms with van der Waals surface area (Å²) in [6.07, 6.45) is 1.50. The van der Waals surface area contributed by atoms with Gasteiger partial charge in [-0.05, 0) is 39.0 Å². The minimum atomic E-state index is -0.499. The van der Waals surface area contributed by atoms with Gasteiger partial charge in [0.25, 0.3) is 5.95 Å². The summed E-state index contributed by atoms with van der Waals surface area (Å²) in [5.41, 5.74) is 2.16. The van der Waals surface area contributed by atoms with Crippen molar-refractivity contribution in [1.29, 1.82) is 0 Å². The molecule has 0 N–H and O–H groups in total. The van der Waals surface area contributed by atoms with Crippen LogP contribution in [0.15, 0.2) is 29.4 Å². The third-order valence-electron chi connectivity index (χ3n) is 3.70. The van der Waals surface area contributed by atoms with Crippen LogP contribution in [0.25, 0.3) is 5.95 Å². The quantitative estimate of drug-likeness (QED) is 0.394. The lowest BCUT2D eigenvalue weighted by atomic mass is 10.2. The number of ether oxygens (including phenoxy) is 1. The molecular formula is C16H17N7O3. The van der Waals surface area contributed by atoms with Gasteiger partial charge in [0.15, 0.2) is 11.6 Å². The van der Waals surface area contributed by atoms with Crippen LogP contribution in [0, 0.1) is 30.9 Å². The first-order valence-corrected chi connectivity index (χ1v) is 7.73. The molecule has 2 heterocycles. The third kappa shape index (κ3) is 3.16. The highest BCUT2D eigenvalue weighted by Crippen LogP contribution is 2.27. The van der Waals surface area contributed by atoms with E-state index in [-0.39, 0.29) is 11.4 Å². The molecule has 0 spiro atoms. The highest BCUT2D eigenvalue weighted by molar-refractivity contribution is 5.81. The maximum Gasteiger partial charge on any atom is 0.311 e. The van der Waals surface area contributed by atoms with Gasteiger partial charge >= 0.3 is 5.69 Å². The van der Waals surface area contributed by atoms with Crippen molar-refractivity contribution in [3.05, 3.63) is 57.2 Å². The Morgan fingerprint density at radius 2 is 2.00 bits per heavy atom. The number of nitro benzene ring substituents is 1. The number of hydrogen-bond donors (Lipinski definition) is 0. The van der Waals surface area contributed by atoms with Crippen LogP contribution < -0.4 is 4.74 Å². The van der Waals surface area contributed by atoms with Gasteiger partial charge in [-0.1, -0.05) is 0 Å². The third-order valence-corrected chi connectivity index (χ3v) is 3.70. The van der Waals surface area contributed by atoms with E-state index in [0.29, 0.717) is 17.3 Å². The van der Waals surface area contributed by atoms with Gasteiger partial charge in [0.2, 0.25) is 0 Å². The van der Waals surface area contributed by atoms with E-state index in [9.17, 15) is 10.1 Å². The maximum absolute atomic E-state index is 11.1. The minimum Gasteiger partial charge on any atom is -0.490 e. The molecule has 0 saturated heterocycles. The summed E-state index contributed by atoms with van der Waals surface area (Å²) in [5.74, 6) is 1.19. The molecule has 3 rings (SSSR count). The van der Waals surface area contributed by atoms with Crippen molar-refractivity contribution in [1.82, 2.24) is 24.7 Å². The van der Waals surface area contributed by atoms with Crippen LogP contribution in [-0.2, 0) is 0 Å². The van der Waals surface area contributed by atoms with Gasteiger partial charge in [-0.15, -0.1) is 10.2 Å². The van der Waals surface area contributed by atoms with Crippen LogP contribution in [0.5, 0.6) is 5.75 Å². The van der Waals surface area contributed by atoms with Crippen molar-refractivity contribution in [2.24, 2.45) is 5.10 Å². The van der Waals surface area contributed by atoms with Gasteiger partial charge in [0, 0.05) is 17.3 Å². The van der Waals surface area contributed by atoms with E-state index in [4.69, 9.17) is 4.74 Å². The summed E-state index contributed by atoms with van der Waals surface area (Å²) in [6, 6.07) is 6.52. The second-order valence-electron chi connectivity index (χ2n) is 5.63. The van der Waals surface area contributed by atoms with Crippen molar-refractivity contribution >= 4 is 11.9 Å². The first-order valence-electron chi connectivity index (χ1n) is 7.73. The summed E-state index contributed by atoms with van der Waals surface area (Å²) in [4.78, 5) is 10.6. The van der Waals surface area contributed by atoms with E-state index in [1.807, 2.05) is 19.9 Å². The van der Waals surface area contributed by atoms with Gasteiger partial charge in [0.1, 0.15) is 0 Å². The van der Waals surface area contributed by atoms with Gasteiger partial charge in [0.05, 0.1) is 23.9 Å². The number of rotatable bonds is 5. The zero-order chi connectivity index (χ0) is 18.8. The Balaban J connectivity index is 2.00. The summed E-state index contributed by atoms with van der Waals surface area (Å²) in [6.45, 7) is 5.55. The normalized spacial score (nSPS) is 11.2. The van der Waals surface area contributed by atoms with Gasteiger partial charge in [-0.2, -0.15) is 14.9 Å². The molecule has 10 heteroatoms. The van der Waals surface area contributed by atoms with Gasteiger partial charge in [-0.3, -0.25) is 10.1 Å². The second-order valence-corrected chi connectivity index (χ2v) is 5.63. The minimum absolute atomic E-state index is 0.129. The predicted molar refractivity (Wildman–Crippen MR) is 94.0 cm³/mol. The Labute approximate surface area is 148 Å². The molecule has 0 bridgehead atoms. The average Bonchev–Trinajstić information content (AvgIpc) is 3.13. The molecular weight excluding hydrogens is 338 g/mol. The Morgan fingerprint density at radius 3 is 2.62 bits per heavy atom. The van der Waals surface area contributed by atoms with Crippen LogP contribution >= 0.6 is 0 Å². The maximum atomic E-state index is 11.1. The molecule has 0 radical (unpaired) electrons. The number of methoxy groups -OCH3 is 1.